The SMILES string of the molecule is COc1ccc(-n2ncn(Cc3cc4cc(C)ccc4nc3Cl)c2=O)cc1. The first-order valence-corrected chi connectivity index (χ1v) is 8.77. The number of hydrogen-bond donors (Lipinski definition) is 0. The number of aromatic nitrogens is 4. The van der Waals surface area contributed by atoms with E-state index < -0.39 is 0 Å². The summed E-state index contributed by atoms with van der Waals surface area (Å²) in [6.45, 7) is 2.32. The molecule has 7 heteroatoms. The second kappa shape index (κ2) is 6.89. The Balaban J connectivity index is 1.69. The van der Waals surface area contributed by atoms with Gasteiger partial charge in [0.05, 0.1) is 24.9 Å². The van der Waals surface area contributed by atoms with Gasteiger partial charge in [0, 0.05) is 10.9 Å². The highest BCUT2D eigenvalue weighted by Crippen LogP contribution is 2.22. The van der Waals surface area contributed by atoms with Crippen LogP contribution in [0.4, 0.5) is 0 Å². The van der Waals surface area contributed by atoms with E-state index in [1.807, 2.05) is 31.2 Å². The van der Waals surface area contributed by atoms with Crippen LogP contribution >= 0.6 is 11.6 Å². The number of nitrogens with zero attached hydrogens (tertiary/aromatic N) is 4. The molecular weight excluding hydrogens is 364 g/mol. The number of fused-ring (bicyclic) bond motifs is 1. The van der Waals surface area contributed by atoms with E-state index in [-0.39, 0.29) is 5.69 Å². The maximum Gasteiger partial charge on any atom is 0.350 e. The zero-order chi connectivity index (χ0) is 19.0. The van der Waals surface area contributed by atoms with Crippen molar-refractivity contribution in [3.05, 3.63) is 81.6 Å². The van der Waals surface area contributed by atoms with Crippen molar-refractivity contribution in [2.75, 3.05) is 7.11 Å². The molecule has 0 fully saturated rings. The standard InChI is InChI=1S/C20H17ClN4O2/c1-13-3-8-18-14(9-13)10-15(19(21)23-18)11-24-12-22-25(20(24)26)16-4-6-17(27-2)7-5-16/h3-10,12H,11H2,1-2H3. The van der Waals surface area contributed by atoms with Gasteiger partial charge in [-0.25, -0.2) is 9.78 Å². The minimum Gasteiger partial charge on any atom is -0.497 e. The molecule has 0 amide bonds. The second-order valence-electron chi connectivity index (χ2n) is 6.29. The van der Waals surface area contributed by atoms with Crippen LogP contribution in [0.2, 0.25) is 5.15 Å². The number of halogens is 1. The van der Waals surface area contributed by atoms with Crippen molar-refractivity contribution in [1.29, 1.82) is 0 Å². The van der Waals surface area contributed by atoms with Crippen molar-refractivity contribution in [3.63, 3.8) is 0 Å². The summed E-state index contributed by atoms with van der Waals surface area (Å²) in [5.41, 5.74) is 3.15. The Labute approximate surface area is 160 Å². The molecule has 0 unspecified atom stereocenters. The summed E-state index contributed by atoms with van der Waals surface area (Å²) in [4.78, 5) is 17.2. The lowest BCUT2D eigenvalue weighted by atomic mass is 10.1. The molecular formula is C20H17ClN4O2. The van der Waals surface area contributed by atoms with Crippen molar-refractivity contribution in [2.24, 2.45) is 0 Å². The fraction of sp³-hybridized carbons (Fsp3) is 0.150. The van der Waals surface area contributed by atoms with Gasteiger partial charge >= 0.3 is 5.69 Å². The number of benzene rings is 2. The maximum absolute atomic E-state index is 12.7. The van der Waals surface area contributed by atoms with Crippen LogP contribution in [0.25, 0.3) is 16.6 Å². The summed E-state index contributed by atoms with van der Waals surface area (Å²) in [6, 6.07) is 15.1. The number of methoxy groups -OCH3 is 1. The van der Waals surface area contributed by atoms with Gasteiger partial charge in [0.1, 0.15) is 17.2 Å². The number of rotatable bonds is 4. The Morgan fingerprint density at radius 3 is 2.63 bits per heavy atom. The van der Waals surface area contributed by atoms with Crippen LogP contribution in [0, 0.1) is 6.92 Å². The molecule has 0 aliphatic carbocycles. The highest BCUT2D eigenvalue weighted by molar-refractivity contribution is 6.30. The normalized spacial score (nSPS) is 11.1. The van der Waals surface area contributed by atoms with Gasteiger partial charge in [-0.05, 0) is 49.4 Å². The van der Waals surface area contributed by atoms with E-state index in [1.165, 1.54) is 15.6 Å². The monoisotopic (exact) mass is 380 g/mol. The average Bonchev–Trinajstić information content (AvgIpc) is 3.03. The van der Waals surface area contributed by atoms with Crippen LogP contribution in [0.5, 0.6) is 5.75 Å². The summed E-state index contributed by atoms with van der Waals surface area (Å²) in [5, 5.41) is 5.58. The molecule has 2 aromatic heterocycles. The summed E-state index contributed by atoms with van der Waals surface area (Å²) in [7, 11) is 1.60. The predicted octanol–water partition coefficient (Wildman–Crippen LogP) is 3.60. The third-order valence-corrected chi connectivity index (χ3v) is 4.71. The summed E-state index contributed by atoms with van der Waals surface area (Å²) in [6.07, 6.45) is 1.50. The molecule has 0 spiro atoms. The van der Waals surface area contributed by atoms with Crippen LogP contribution in [0.1, 0.15) is 11.1 Å². The minimum atomic E-state index is -0.249. The molecule has 0 saturated carbocycles. The summed E-state index contributed by atoms with van der Waals surface area (Å²) >= 11 is 6.33. The molecule has 0 N–H and O–H groups in total. The van der Waals surface area contributed by atoms with E-state index in [4.69, 9.17) is 16.3 Å². The number of pyridine rings is 1. The molecule has 4 rings (SSSR count). The molecule has 2 aromatic carbocycles. The lowest BCUT2D eigenvalue weighted by molar-refractivity contribution is 0.414. The lowest BCUT2D eigenvalue weighted by Crippen LogP contribution is -2.24. The molecule has 4 aromatic rings. The third kappa shape index (κ3) is 3.31. The van der Waals surface area contributed by atoms with Crippen LogP contribution in [0.3, 0.4) is 0 Å². The van der Waals surface area contributed by atoms with Crippen LogP contribution in [0.15, 0.2) is 59.7 Å². The van der Waals surface area contributed by atoms with Crippen molar-refractivity contribution < 1.29 is 4.74 Å². The molecule has 0 radical (unpaired) electrons. The van der Waals surface area contributed by atoms with Crippen molar-refractivity contribution >= 4 is 22.5 Å². The molecule has 0 aliphatic heterocycles. The number of aryl methyl sites for hydroxylation is 1. The zero-order valence-electron chi connectivity index (χ0n) is 14.9. The Morgan fingerprint density at radius 2 is 1.89 bits per heavy atom. The quantitative estimate of drug-likeness (QED) is 0.507. The minimum absolute atomic E-state index is 0.249. The average molecular weight is 381 g/mol. The fourth-order valence-electron chi connectivity index (χ4n) is 2.95. The van der Waals surface area contributed by atoms with E-state index in [0.717, 1.165) is 27.8 Å². The summed E-state index contributed by atoms with van der Waals surface area (Å²) in [5.74, 6) is 0.718. The molecule has 136 valence electrons. The van der Waals surface area contributed by atoms with E-state index in [2.05, 4.69) is 10.1 Å². The molecule has 27 heavy (non-hydrogen) atoms. The topological polar surface area (TPSA) is 61.9 Å². The molecule has 0 aliphatic rings. The van der Waals surface area contributed by atoms with E-state index in [9.17, 15) is 4.79 Å². The van der Waals surface area contributed by atoms with Gasteiger partial charge in [-0.15, -0.1) is 0 Å². The highest BCUT2D eigenvalue weighted by atomic mass is 35.5. The first kappa shape index (κ1) is 17.3. The molecule has 0 atom stereocenters. The Kier molecular flexibility index (Phi) is 4.41. The first-order chi connectivity index (χ1) is 13.0. The molecule has 2 heterocycles. The Hall–Kier alpha value is -3.12. The van der Waals surface area contributed by atoms with Gasteiger partial charge in [0.25, 0.3) is 0 Å². The van der Waals surface area contributed by atoms with Crippen LogP contribution < -0.4 is 10.4 Å². The fourth-order valence-corrected chi connectivity index (χ4v) is 3.16. The van der Waals surface area contributed by atoms with Crippen molar-refractivity contribution in [3.8, 4) is 11.4 Å². The van der Waals surface area contributed by atoms with Gasteiger partial charge in [-0.3, -0.25) is 4.57 Å². The first-order valence-electron chi connectivity index (χ1n) is 8.40. The Bertz CT molecular complexity index is 1180. The molecule has 6 nitrogen and oxygen atoms in total. The smallest absolute Gasteiger partial charge is 0.350 e. The van der Waals surface area contributed by atoms with Crippen LogP contribution in [-0.4, -0.2) is 26.4 Å². The predicted molar refractivity (Wildman–Crippen MR) is 105 cm³/mol. The van der Waals surface area contributed by atoms with Gasteiger partial charge in [-0.1, -0.05) is 23.2 Å². The van der Waals surface area contributed by atoms with Crippen LogP contribution in [-0.2, 0) is 6.54 Å². The summed E-state index contributed by atoms with van der Waals surface area (Å²) < 4.78 is 7.99. The second-order valence-corrected chi connectivity index (χ2v) is 6.64. The van der Waals surface area contributed by atoms with Crippen molar-refractivity contribution in [1.82, 2.24) is 19.3 Å². The number of ether oxygens (including phenoxy) is 1. The molecule has 0 saturated heterocycles. The molecule has 0 bridgehead atoms. The van der Waals surface area contributed by atoms with Gasteiger partial charge < -0.3 is 4.74 Å². The van der Waals surface area contributed by atoms with Crippen molar-refractivity contribution in [2.45, 2.75) is 13.5 Å². The van der Waals surface area contributed by atoms with Gasteiger partial charge in [-0.2, -0.15) is 9.78 Å². The Morgan fingerprint density at radius 1 is 1.11 bits per heavy atom. The number of hydrogen-bond acceptors (Lipinski definition) is 4. The van der Waals surface area contributed by atoms with Gasteiger partial charge in [0.2, 0.25) is 0 Å². The maximum atomic E-state index is 12.7. The van der Waals surface area contributed by atoms with E-state index in [1.54, 1.807) is 31.4 Å². The van der Waals surface area contributed by atoms with E-state index >= 15 is 0 Å². The zero-order valence-corrected chi connectivity index (χ0v) is 15.6. The largest absolute Gasteiger partial charge is 0.497 e. The highest BCUT2D eigenvalue weighted by Gasteiger charge is 2.11. The van der Waals surface area contributed by atoms with Gasteiger partial charge in [0.15, 0.2) is 0 Å². The van der Waals surface area contributed by atoms with E-state index in [0.29, 0.717) is 17.4 Å². The lowest BCUT2D eigenvalue weighted by Gasteiger charge is -2.07. The third-order valence-electron chi connectivity index (χ3n) is 4.39.